The molecule has 0 aliphatic heterocycles. The van der Waals surface area contributed by atoms with Crippen molar-refractivity contribution < 1.29 is 19.4 Å². The minimum absolute atomic E-state index is 0.110. The third-order valence-electron chi connectivity index (χ3n) is 4.60. The molecule has 1 saturated carbocycles. The predicted molar refractivity (Wildman–Crippen MR) is 92.1 cm³/mol. The van der Waals surface area contributed by atoms with Crippen molar-refractivity contribution in [3.05, 3.63) is 51.7 Å². The Morgan fingerprint density at radius 1 is 1.29 bits per heavy atom. The normalized spacial score (nSPS) is 19.4. The fourth-order valence-corrected chi connectivity index (χ4v) is 3.83. The zero-order chi connectivity index (χ0) is 17.3. The lowest BCUT2D eigenvalue weighted by Crippen LogP contribution is -2.44. The molecule has 0 atom stereocenters. The molecule has 0 saturated heterocycles. The maximum Gasteiger partial charge on any atom is 0.336 e. The quantitative estimate of drug-likeness (QED) is 0.901. The van der Waals surface area contributed by atoms with Crippen molar-refractivity contribution in [2.75, 3.05) is 14.2 Å². The van der Waals surface area contributed by atoms with Gasteiger partial charge in [0.2, 0.25) is 0 Å². The Morgan fingerprint density at radius 2 is 2.04 bits per heavy atom. The van der Waals surface area contributed by atoms with Gasteiger partial charge in [-0.15, -0.1) is 11.3 Å². The molecule has 1 amide bonds. The number of hydrogen-bond acceptors (Lipinski definition) is 4. The van der Waals surface area contributed by atoms with Crippen molar-refractivity contribution in [2.45, 2.75) is 24.8 Å². The maximum absolute atomic E-state index is 12.5. The van der Waals surface area contributed by atoms with Gasteiger partial charge in [-0.2, -0.15) is 0 Å². The van der Waals surface area contributed by atoms with Gasteiger partial charge < -0.3 is 14.7 Å². The van der Waals surface area contributed by atoms with Gasteiger partial charge in [-0.1, -0.05) is 12.1 Å². The number of hydrogen-bond donors (Lipinski definition) is 1. The van der Waals surface area contributed by atoms with Crippen LogP contribution >= 0.6 is 11.3 Å². The molecule has 0 unspecified atom stereocenters. The Bertz CT molecular complexity index is 764. The zero-order valence-corrected chi connectivity index (χ0v) is 14.4. The second-order valence-corrected chi connectivity index (χ2v) is 6.93. The Labute approximate surface area is 144 Å². The number of carbonyl (C=O) groups excluding carboxylic acids is 1. The number of carboxylic acids is 1. The van der Waals surface area contributed by atoms with E-state index in [0.717, 1.165) is 18.6 Å². The molecule has 1 aromatic heterocycles. The highest BCUT2D eigenvalue weighted by Crippen LogP contribution is 2.40. The average Bonchev–Trinajstić information content (AvgIpc) is 3.03. The van der Waals surface area contributed by atoms with E-state index < -0.39 is 5.97 Å². The summed E-state index contributed by atoms with van der Waals surface area (Å²) >= 11 is 1.18. The molecule has 0 bridgehead atoms. The molecule has 6 heteroatoms. The van der Waals surface area contributed by atoms with Gasteiger partial charge in [0.1, 0.15) is 5.75 Å². The fourth-order valence-electron chi connectivity index (χ4n) is 2.97. The van der Waals surface area contributed by atoms with Gasteiger partial charge in [0.05, 0.1) is 17.6 Å². The standard InChI is InChI=1S/C18H19NO4S/c1-19(17(20)16-9-13(10-24-16)18(21)22)14-6-12(7-14)11-4-3-5-15(8-11)23-2/h3-5,8-10,12,14H,6-7H2,1-2H3,(H,21,22). The molecule has 1 fully saturated rings. The van der Waals surface area contributed by atoms with Gasteiger partial charge in [0, 0.05) is 18.5 Å². The number of carbonyl (C=O) groups is 2. The van der Waals surface area contributed by atoms with Crippen molar-refractivity contribution in [1.82, 2.24) is 4.90 Å². The highest BCUT2D eigenvalue weighted by atomic mass is 32.1. The molecule has 5 nitrogen and oxygen atoms in total. The summed E-state index contributed by atoms with van der Waals surface area (Å²) in [6.07, 6.45) is 1.82. The van der Waals surface area contributed by atoms with Crippen molar-refractivity contribution in [3.63, 3.8) is 0 Å². The molecular formula is C18H19NO4S. The molecule has 2 aromatic rings. The van der Waals surface area contributed by atoms with E-state index in [1.54, 1.807) is 19.1 Å². The van der Waals surface area contributed by atoms with Crippen LogP contribution in [0.4, 0.5) is 0 Å². The average molecular weight is 345 g/mol. The van der Waals surface area contributed by atoms with E-state index in [9.17, 15) is 9.59 Å². The number of benzene rings is 1. The van der Waals surface area contributed by atoms with E-state index in [2.05, 4.69) is 6.07 Å². The minimum Gasteiger partial charge on any atom is -0.497 e. The summed E-state index contributed by atoms with van der Waals surface area (Å²) in [6, 6.07) is 9.67. The number of carboxylic acid groups (broad SMARTS) is 1. The van der Waals surface area contributed by atoms with Crippen LogP contribution in [0, 0.1) is 0 Å². The van der Waals surface area contributed by atoms with Crippen molar-refractivity contribution in [2.24, 2.45) is 0 Å². The lowest BCUT2D eigenvalue weighted by Gasteiger charge is -2.41. The van der Waals surface area contributed by atoms with Crippen LogP contribution < -0.4 is 4.74 Å². The smallest absolute Gasteiger partial charge is 0.336 e. The lowest BCUT2D eigenvalue weighted by atomic mass is 9.75. The summed E-state index contributed by atoms with van der Waals surface area (Å²) < 4.78 is 5.25. The van der Waals surface area contributed by atoms with Crippen molar-refractivity contribution in [3.8, 4) is 5.75 Å². The van der Waals surface area contributed by atoms with Gasteiger partial charge in [-0.3, -0.25) is 4.79 Å². The van der Waals surface area contributed by atoms with E-state index in [4.69, 9.17) is 9.84 Å². The first-order valence-corrected chi connectivity index (χ1v) is 8.60. The summed E-state index contributed by atoms with van der Waals surface area (Å²) in [4.78, 5) is 25.6. The SMILES string of the molecule is COc1cccc(C2CC(N(C)C(=O)c3cc(C(=O)O)cs3)C2)c1. The van der Waals surface area contributed by atoms with Crippen molar-refractivity contribution >= 4 is 23.2 Å². The number of amides is 1. The van der Waals surface area contributed by atoms with Crippen LogP contribution in [-0.4, -0.2) is 42.1 Å². The van der Waals surface area contributed by atoms with Crippen LogP contribution in [0.15, 0.2) is 35.7 Å². The Morgan fingerprint density at radius 3 is 2.67 bits per heavy atom. The highest BCUT2D eigenvalue weighted by molar-refractivity contribution is 7.12. The predicted octanol–water partition coefficient (Wildman–Crippen LogP) is 3.47. The summed E-state index contributed by atoms with van der Waals surface area (Å²) in [5.41, 5.74) is 1.40. The number of aromatic carboxylic acids is 1. The van der Waals surface area contributed by atoms with Gasteiger partial charge in [0.25, 0.3) is 5.91 Å². The summed E-state index contributed by atoms with van der Waals surface area (Å²) in [5, 5.41) is 10.5. The molecule has 1 aromatic carbocycles. The highest BCUT2D eigenvalue weighted by Gasteiger charge is 2.35. The minimum atomic E-state index is -1.00. The van der Waals surface area contributed by atoms with Crippen LogP contribution in [0.3, 0.4) is 0 Å². The number of thiophene rings is 1. The molecule has 1 aliphatic carbocycles. The monoisotopic (exact) mass is 345 g/mol. The Hall–Kier alpha value is -2.34. The van der Waals surface area contributed by atoms with E-state index in [0.29, 0.717) is 10.8 Å². The second kappa shape index (κ2) is 6.65. The third-order valence-corrected chi connectivity index (χ3v) is 5.52. The van der Waals surface area contributed by atoms with Crippen LogP contribution in [0.1, 0.15) is 44.4 Å². The molecule has 0 radical (unpaired) electrons. The number of rotatable bonds is 5. The molecular weight excluding hydrogens is 326 g/mol. The third kappa shape index (κ3) is 3.14. The van der Waals surface area contributed by atoms with E-state index >= 15 is 0 Å². The largest absolute Gasteiger partial charge is 0.497 e. The Kier molecular flexibility index (Phi) is 4.57. The van der Waals surface area contributed by atoms with E-state index in [1.807, 2.05) is 18.2 Å². The van der Waals surface area contributed by atoms with Crippen LogP contribution in [0.25, 0.3) is 0 Å². The molecule has 1 aliphatic rings. The summed E-state index contributed by atoms with van der Waals surface area (Å²) in [5.74, 6) is 0.162. The zero-order valence-electron chi connectivity index (χ0n) is 13.6. The number of nitrogens with zero attached hydrogens (tertiary/aromatic N) is 1. The molecule has 1 heterocycles. The second-order valence-electron chi connectivity index (χ2n) is 6.02. The molecule has 3 rings (SSSR count). The molecule has 1 N–H and O–H groups in total. The maximum atomic E-state index is 12.5. The number of methoxy groups -OCH3 is 1. The van der Waals surface area contributed by atoms with Crippen LogP contribution in [0.2, 0.25) is 0 Å². The van der Waals surface area contributed by atoms with Crippen molar-refractivity contribution in [1.29, 1.82) is 0 Å². The molecule has 126 valence electrons. The fraction of sp³-hybridized carbons (Fsp3) is 0.333. The first-order valence-electron chi connectivity index (χ1n) is 7.72. The van der Waals surface area contributed by atoms with Crippen LogP contribution in [0.5, 0.6) is 5.75 Å². The van der Waals surface area contributed by atoms with Crippen LogP contribution in [-0.2, 0) is 0 Å². The Balaban J connectivity index is 1.62. The lowest BCUT2D eigenvalue weighted by molar-refractivity contribution is 0.0625. The first-order chi connectivity index (χ1) is 11.5. The number of ether oxygens (including phenoxy) is 1. The first kappa shape index (κ1) is 16.5. The topological polar surface area (TPSA) is 66.8 Å². The van der Waals surface area contributed by atoms with E-state index in [1.165, 1.54) is 28.3 Å². The van der Waals surface area contributed by atoms with Gasteiger partial charge >= 0.3 is 5.97 Å². The molecule has 24 heavy (non-hydrogen) atoms. The summed E-state index contributed by atoms with van der Waals surface area (Å²) in [6.45, 7) is 0. The van der Waals surface area contributed by atoms with Gasteiger partial charge in [0.15, 0.2) is 0 Å². The van der Waals surface area contributed by atoms with Gasteiger partial charge in [-0.25, -0.2) is 4.79 Å². The van der Waals surface area contributed by atoms with E-state index in [-0.39, 0.29) is 17.5 Å². The summed E-state index contributed by atoms with van der Waals surface area (Å²) in [7, 11) is 3.44. The van der Waals surface area contributed by atoms with Gasteiger partial charge in [-0.05, 0) is 42.5 Å². The molecule has 0 spiro atoms.